The zero-order chi connectivity index (χ0) is 24.1. The van der Waals surface area contributed by atoms with Crippen LogP contribution in [0.25, 0.3) is 0 Å². The van der Waals surface area contributed by atoms with E-state index in [0.29, 0.717) is 18.4 Å². The minimum Gasteiger partial charge on any atom is -0.507 e. The number of ether oxygens (including phenoxy) is 1. The smallest absolute Gasteiger partial charge is 0.419 e. The number of benzene rings is 2. The standard InChI is InChI=1S/C27H33F3O3/c1-15(2)18-13-23-25(22(32)14-26(3,4)33-23)24(17-7-5-6-8-17)19(18)11-16-9-10-20(21(31)12-16)27(28,29)30/h9-10,12-13,15,17,22,31-32H,5-8,11,14H2,1-4H3/t22-/m0/s1. The third-order valence-corrected chi connectivity index (χ3v) is 7.05. The van der Waals surface area contributed by atoms with Gasteiger partial charge < -0.3 is 14.9 Å². The summed E-state index contributed by atoms with van der Waals surface area (Å²) in [5.41, 5.74) is 3.20. The molecule has 33 heavy (non-hydrogen) atoms. The average Bonchev–Trinajstić information content (AvgIpc) is 3.20. The Kier molecular flexibility index (Phi) is 6.19. The number of halogens is 3. The molecule has 0 unspecified atom stereocenters. The molecule has 2 aliphatic rings. The summed E-state index contributed by atoms with van der Waals surface area (Å²) in [5.74, 6) is 0.425. The molecule has 1 aliphatic carbocycles. The number of rotatable bonds is 4. The summed E-state index contributed by atoms with van der Waals surface area (Å²) in [5, 5.41) is 21.3. The predicted octanol–water partition coefficient (Wildman–Crippen LogP) is 7.38. The van der Waals surface area contributed by atoms with Crippen LogP contribution in [-0.4, -0.2) is 15.8 Å². The minimum absolute atomic E-state index is 0.166. The fraction of sp³-hybridized carbons (Fsp3) is 0.556. The van der Waals surface area contributed by atoms with E-state index in [9.17, 15) is 23.4 Å². The van der Waals surface area contributed by atoms with E-state index in [0.717, 1.165) is 59.8 Å². The number of alkyl halides is 3. The topological polar surface area (TPSA) is 49.7 Å². The van der Waals surface area contributed by atoms with Gasteiger partial charge in [-0.05, 0) is 85.4 Å². The van der Waals surface area contributed by atoms with Crippen molar-refractivity contribution in [2.75, 3.05) is 0 Å². The van der Waals surface area contributed by atoms with Gasteiger partial charge in [-0.1, -0.05) is 32.8 Å². The van der Waals surface area contributed by atoms with Crippen molar-refractivity contribution in [2.24, 2.45) is 0 Å². The van der Waals surface area contributed by atoms with E-state index in [1.54, 1.807) is 0 Å². The van der Waals surface area contributed by atoms with Gasteiger partial charge in [0.2, 0.25) is 0 Å². The highest BCUT2D eigenvalue weighted by atomic mass is 19.4. The van der Waals surface area contributed by atoms with Gasteiger partial charge in [-0.2, -0.15) is 13.2 Å². The second kappa shape index (κ2) is 8.53. The molecule has 1 saturated carbocycles. The zero-order valence-electron chi connectivity index (χ0n) is 19.7. The van der Waals surface area contributed by atoms with Crippen LogP contribution in [0, 0.1) is 0 Å². The number of hydrogen-bond acceptors (Lipinski definition) is 3. The normalized spacial score (nSPS) is 20.7. The Hall–Kier alpha value is -2.21. The molecular weight excluding hydrogens is 429 g/mol. The maximum absolute atomic E-state index is 13.1. The van der Waals surface area contributed by atoms with Crippen molar-refractivity contribution in [3.8, 4) is 11.5 Å². The minimum atomic E-state index is -4.60. The molecule has 4 rings (SSSR count). The first kappa shape index (κ1) is 23.9. The summed E-state index contributed by atoms with van der Waals surface area (Å²) >= 11 is 0. The van der Waals surface area contributed by atoms with Crippen LogP contribution in [0.2, 0.25) is 0 Å². The Bertz CT molecular complexity index is 1030. The molecule has 0 radical (unpaired) electrons. The van der Waals surface area contributed by atoms with Crippen molar-refractivity contribution in [2.45, 2.75) is 95.9 Å². The molecule has 1 atom stereocenters. The van der Waals surface area contributed by atoms with E-state index in [4.69, 9.17) is 4.74 Å². The summed E-state index contributed by atoms with van der Waals surface area (Å²) in [7, 11) is 0. The van der Waals surface area contributed by atoms with Gasteiger partial charge in [0.15, 0.2) is 0 Å². The lowest BCUT2D eigenvalue weighted by molar-refractivity contribution is -0.138. The molecule has 0 amide bonds. The van der Waals surface area contributed by atoms with Crippen molar-refractivity contribution in [3.05, 3.63) is 57.6 Å². The van der Waals surface area contributed by atoms with Gasteiger partial charge in [0.25, 0.3) is 0 Å². The second-order valence-electron chi connectivity index (χ2n) is 10.5. The van der Waals surface area contributed by atoms with Crippen molar-refractivity contribution in [1.29, 1.82) is 0 Å². The van der Waals surface area contributed by atoms with E-state index in [-0.39, 0.29) is 11.8 Å². The van der Waals surface area contributed by atoms with Crippen LogP contribution < -0.4 is 4.74 Å². The van der Waals surface area contributed by atoms with Gasteiger partial charge in [0, 0.05) is 12.0 Å². The van der Waals surface area contributed by atoms with Crippen molar-refractivity contribution in [3.63, 3.8) is 0 Å². The molecule has 1 heterocycles. The average molecular weight is 463 g/mol. The van der Waals surface area contributed by atoms with Crippen molar-refractivity contribution < 1.29 is 28.1 Å². The van der Waals surface area contributed by atoms with Gasteiger partial charge in [-0.3, -0.25) is 0 Å². The van der Waals surface area contributed by atoms with Gasteiger partial charge in [0.1, 0.15) is 17.1 Å². The Morgan fingerprint density at radius 3 is 2.33 bits per heavy atom. The van der Waals surface area contributed by atoms with Crippen LogP contribution in [0.3, 0.4) is 0 Å². The van der Waals surface area contributed by atoms with E-state index < -0.39 is 29.2 Å². The molecular formula is C27H33F3O3. The maximum Gasteiger partial charge on any atom is 0.419 e. The number of aliphatic hydroxyl groups excluding tert-OH is 1. The van der Waals surface area contributed by atoms with Crippen LogP contribution >= 0.6 is 0 Å². The molecule has 1 fully saturated rings. The number of aromatic hydroxyl groups is 1. The highest BCUT2D eigenvalue weighted by Crippen LogP contribution is 2.50. The first-order valence-corrected chi connectivity index (χ1v) is 11.8. The largest absolute Gasteiger partial charge is 0.507 e. The number of phenols is 1. The Morgan fingerprint density at radius 1 is 1.09 bits per heavy atom. The molecule has 0 saturated heterocycles. The Balaban J connectivity index is 1.88. The summed E-state index contributed by atoms with van der Waals surface area (Å²) in [6, 6.07) is 5.64. The lowest BCUT2D eigenvalue weighted by atomic mass is 9.77. The fourth-order valence-electron chi connectivity index (χ4n) is 5.62. The van der Waals surface area contributed by atoms with Crippen LogP contribution in [0.1, 0.15) is 111 Å². The Labute approximate surface area is 193 Å². The first-order valence-electron chi connectivity index (χ1n) is 11.8. The third-order valence-electron chi connectivity index (χ3n) is 7.05. The molecule has 3 nitrogen and oxygen atoms in total. The van der Waals surface area contributed by atoms with Gasteiger partial charge in [0.05, 0.1) is 11.7 Å². The molecule has 6 heteroatoms. The molecule has 0 spiro atoms. The lowest BCUT2D eigenvalue weighted by Crippen LogP contribution is -2.36. The maximum atomic E-state index is 13.1. The monoisotopic (exact) mass is 462 g/mol. The van der Waals surface area contributed by atoms with E-state index >= 15 is 0 Å². The zero-order valence-corrected chi connectivity index (χ0v) is 19.7. The molecule has 2 aromatic rings. The van der Waals surface area contributed by atoms with Gasteiger partial charge in [-0.15, -0.1) is 0 Å². The molecule has 1 aliphatic heterocycles. The number of fused-ring (bicyclic) bond motifs is 1. The quantitative estimate of drug-likeness (QED) is 0.498. The van der Waals surface area contributed by atoms with Gasteiger partial charge >= 0.3 is 6.18 Å². The van der Waals surface area contributed by atoms with Crippen LogP contribution in [0.4, 0.5) is 13.2 Å². The lowest BCUT2D eigenvalue weighted by Gasteiger charge is -2.39. The van der Waals surface area contributed by atoms with E-state index in [1.165, 1.54) is 12.1 Å². The summed E-state index contributed by atoms with van der Waals surface area (Å²) in [6.45, 7) is 8.14. The second-order valence-corrected chi connectivity index (χ2v) is 10.5. The summed E-state index contributed by atoms with van der Waals surface area (Å²) < 4.78 is 45.7. The van der Waals surface area contributed by atoms with Gasteiger partial charge in [-0.25, -0.2) is 0 Å². The Morgan fingerprint density at radius 2 is 1.76 bits per heavy atom. The SMILES string of the molecule is CC(C)c1cc2c(c(C3CCCC3)c1Cc1ccc(C(F)(F)F)c(O)c1)[C@@H](O)CC(C)(C)O2. The molecule has 0 aromatic heterocycles. The summed E-state index contributed by atoms with van der Waals surface area (Å²) in [4.78, 5) is 0. The van der Waals surface area contributed by atoms with Crippen molar-refractivity contribution in [1.82, 2.24) is 0 Å². The number of aliphatic hydroxyl groups is 1. The first-order chi connectivity index (χ1) is 15.4. The van der Waals surface area contributed by atoms with E-state index in [2.05, 4.69) is 13.8 Å². The molecule has 2 N–H and O–H groups in total. The summed E-state index contributed by atoms with van der Waals surface area (Å²) in [6.07, 6.45) is -0.0793. The van der Waals surface area contributed by atoms with E-state index in [1.807, 2.05) is 19.9 Å². The predicted molar refractivity (Wildman–Crippen MR) is 122 cm³/mol. The fourth-order valence-corrected chi connectivity index (χ4v) is 5.62. The van der Waals surface area contributed by atoms with Crippen molar-refractivity contribution >= 4 is 0 Å². The highest BCUT2D eigenvalue weighted by Gasteiger charge is 2.39. The van der Waals surface area contributed by atoms with Crippen LogP contribution in [-0.2, 0) is 12.6 Å². The van der Waals surface area contributed by atoms with Crippen LogP contribution in [0.15, 0.2) is 24.3 Å². The number of phenolic OH excluding ortho intramolecular Hbond substituents is 1. The third kappa shape index (κ3) is 4.72. The highest BCUT2D eigenvalue weighted by molar-refractivity contribution is 5.56. The number of hydrogen-bond donors (Lipinski definition) is 2. The molecule has 0 bridgehead atoms. The molecule has 2 aromatic carbocycles. The molecule has 180 valence electrons. The van der Waals surface area contributed by atoms with Crippen LogP contribution in [0.5, 0.6) is 11.5 Å².